The predicted octanol–water partition coefficient (Wildman–Crippen LogP) is 2.15. The van der Waals surface area contributed by atoms with Gasteiger partial charge in [0.15, 0.2) is 15.8 Å². The summed E-state index contributed by atoms with van der Waals surface area (Å²) in [4.78, 5) is 4.89. The van der Waals surface area contributed by atoms with E-state index in [2.05, 4.69) is 21.7 Å². The summed E-state index contributed by atoms with van der Waals surface area (Å²) < 4.78 is 29.0. The number of guanidine groups is 1. The van der Waals surface area contributed by atoms with Crippen LogP contribution in [0.5, 0.6) is 5.75 Å². The van der Waals surface area contributed by atoms with Crippen molar-refractivity contribution in [3.05, 3.63) is 59.7 Å². The first kappa shape index (κ1) is 19.2. The maximum atomic E-state index is 11.5. The van der Waals surface area contributed by atoms with Gasteiger partial charge in [-0.3, -0.25) is 0 Å². The first-order valence-electron chi connectivity index (χ1n) is 9.01. The highest BCUT2D eigenvalue weighted by atomic mass is 32.2. The van der Waals surface area contributed by atoms with E-state index in [1.165, 1.54) is 11.8 Å². The van der Waals surface area contributed by atoms with Gasteiger partial charge in [-0.2, -0.15) is 0 Å². The molecule has 2 N–H and O–H groups in total. The molecular weight excluding hydrogens is 362 g/mol. The highest BCUT2D eigenvalue weighted by molar-refractivity contribution is 7.90. The van der Waals surface area contributed by atoms with Crippen molar-refractivity contribution in [1.82, 2.24) is 10.6 Å². The molecule has 1 unspecified atom stereocenters. The van der Waals surface area contributed by atoms with Gasteiger partial charge in [0.2, 0.25) is 0 Å². The summed E-state index contributed by atoms with van der Waals surface area (Å²) in [5.74, 6) is 1.67. The van der Waals surface area contributed by atoms with E-state index in [-0.39, 0.29) is 6.10 Å². The topological polar surface area (TPSA) is 79.8 Å². The maximum Gasteiger partial charge on any atom is 0.191 e. The summed E-state index contributed by atoms with van der Waals surface area (Å²) in [7, 11) is -3.17. The van der Waals surface area contributed by atoms with Gasteiger partial charge in [0.25, 0.3) is 0 Å². The molecule has 0 aliphatic carbocycles. The zero-order chi connectivity index (χ0) is 19.3. The first-order chi connectivity index (χ1) is 13.0. The van der Waals surface area contributed by atoms with Gasteiger partial charge in [-0.15, -0.1) is 0 Å². The maximum absolute atomic E-state index is 11.5. The predicted molar refractivity (Wildman–Crippen MR) is 107 cm³/mol. The number of ether oxygens (including phenoxy) is 1. The Bertz CT molecular complexity index is 883. The van der Waals surface area contributed by atoms with Crippen molar-refractivity contribution in [3.63, 3.8) is 0 Å². The van der Waals surface area contributed by atoms with Crippen LogP contribution in [0.2, 0.25) is 0 Å². The third-order valence-corrected chi connectivity index (χ3v) is 5.45. The third kappa shape index (κ3) is 5.23. The standard InChI is InChI=1S/C20H25N3O3S/c1-3-21-20(22-13-15-8-10-18(11-9-15)27(2,24)25)23-14-17-12-16-6-4-5-7-19(16)26-17/h4-11,17H,3,12-14H2,1-2H3,(H2,21,22,23). The molecule has 2 aromatic carbocycles. The lowest BCUT2D eigenvalue weighted by Gasteiger charge is -2.15. The second-order valence-corrected chi connectivity index (χ2v) is 8.56. The first-order valence-corrected chi connectivity index (χ1v) is 10.9. The van der Waals surface area contributed by atoms with Gasteiger partial charge >= 0.3 is 0 Å². The van der Waals surface area contributed by atoms with Gasteiger partial charge in [-0.05, 0) is 36.2 Å². The Morgan fingerprint density at radius 3 is 2.56 bits per heavy atom. The quantitative estimate of drug-likeness (QED) is 0.586. The van der Waals surface area contributed by atoms with E-state index < -0.39 is 9.84 Å². The molecule has 0 fully saturated rings. The minimum atomic E-state index is -3.17. The molecule has 27 heavy (non-hydrogen) atoms. The van der Waals surface area contributed by atoms with E-state index in [0.717, 1.165) is 24.3 Å². The molecule has 1 aliphatic heterocycles. The van der Waals surface area contributed by atoms with E-state index in [1.54, 1.807) is 24.3 Å². The Hall–Kier alpha value is -2.54. The van der Waals surface area contributed by atoms with Crippen LogP contribution in [0, 0.1) is 0 Å². The number of rotatable bonds is 6. The number of hydrogen-bond donors (Lipinski definition) is 2. The lowest BCUT2D eigenvalue weighted by atomic mass is 10.1. The van der Waals surface area contributed by atoms with Crippen molar-refractivity contribution in [2.24, 2.45) is 4.99 Å². The zero-order valence-electron chi connectivity index (χ0n) is 15.6. The summed E-state index contributed by atoms with van der Waals surface area (Å²) in [5, 5.41) is 6.54. The van der Waals surface area contributed by atoms with Crippen molar-refractivity contribution >= 4 is 15.8 Å². The van der Waals surface area contributed by atoms with Gasteiger partial charge < -0.3 is 15.4 Å². The van der Waals surface area contributed by atoms with Crippen LogP contribution in [-0.2, 0) is 22.8 Å². The van der Waals surface area contributed by atoms with E-state index in [0.29, 0.717) is 23.9 Å². The molecule has 144 valence electrons. The fraction of sp³-hybridized carbons (Fsp3) is 0.350. The summed E-state index contributed by atoms with van der Waals surface area (Å²) in [6, 6.07) is 14.9. The lowest BCUT2D eigenvalue weighted by molar-refractivity contribution is 0.235. The molecule has 0 amide bonds. The number of sulfone groups is 1. The van der Waals surface area contributed by atoms with Gasteiger partial charge in [-0.1, -0.05) is 30.3 Å². The number of para-hydroxylation sites is 1. The van der Waals surface area contributed by atoms with Crippen molar-refractivity contribution in [1.29, 1.82) is 0 Å². The molecule has 2 aromatic rings. The Balaban J connectivity index is 1.57. The van der Waals surface area contributed by atoms with Gasteiger partial charge in [0.05, 0.1) is 18.0 Å². The van der Waals surface area contributed by atoms with Crippen LogP contribution in [0.4, 0.5) is 0 Å². The minimum absolute atomic E-state index is 0.0836. The van der Waals surface area contributed by atoms with Crippen LogP contribution in [0.25, 0.3) is 0 Å². The average molecular weight is 388 g/mol. The SMILES string of the molecule is CCNC(=NCc1ccc(S(C)(=O)=O)cc1)NCC1Cc2ccccc2O1. The van der Waals surface area contributed by atoms with Crippen LogP contribution in [0.3, 0.4) is 0 Å². The third-order valence-electron chi connectivity index (χ3n) is 4.33. The van der Waals surface area contributed by atoms with Crippen LogP contribution in [0.1, 0.15) is 18.1 Å². The Kier molecular flexibility index (Phi) is 6.01. The molecule has 7 heteroatoms. The van der Waals surface area contributed by atoms with Crippen molar-refractivity contribution in [2.75, 3.05) is 19.3 Å². The lowest BCUT2D eigenvalue weighted by Crippen LogP contribution is -2.42. The molecule has 0 aromatic heterocycles. The molecule has 1 atom stereocenters. The van der Waals surface area contributed by atoms with Crippen LogP contribution >= 0.6 is 0 Å². The van der Waals surface area contributed by atoms with E-state index >= 15 is 0 Å². The molecule has 1 aliphatic rings. The largest absolute Gasteiger partial charge is 0.488 e. The second kappa shape index (κ2) is 8.43. The van der Waals surface area contributed by atoms with Crippen molar-refractivity contribution in [3.8, 4) is 5.75 Å². The normalized spacial score (nSPS) is 16.5. The summed E-state index contributed by atoms with van der Waals surface area (Å²) in [5.41, 5.74) is 2.18. The molecule has 0 spiro atoms. The average Bonchev–Trinajstić information content (AvgIpc) is 3.06. The number of fused-ring (bicyclic) bond motifs is 1. The molecule has 0 radical (unpaired) electrons. The van der Waals surface area contributed by atoms with Crippen LogP contribution in [-0.4, -0.2) is 39.8 Å². The smallest absolute Gasteiger partial charge is 0.191 e. The minimum Gasteiger partial charge on any atom is -0.488 e. The number of aliphatic imine (C=N–C) groups is 1. The highest BCUT2D eigenvalue weighted by Gasteiger charge is 2.22. The van der Waals surface area contributed by atoms with Gasteiger partial charge in [0, 0.05) is 19.2 Å². The van der Waals surface area contributed by atoms with Gasteiger partial charge in [0.1, 0.15) is 11.9 Å². The van der Waals surface area contributed by atoms with Crippen molar-refractivity contribution < 1.29 is 13.2 Å². The molecule has 6 nitrogen and oxygen atoms in total. The highest BCUT2D eigenvalue weighted by Crippen LogP contribution is 2.27. The molecular formula is C20H25N3O3S. The molecule has 3 rings (SSSR count). The van der Waals surface area contributed by atoms with Crippen LogP contribution in [0.15, 0.2) is 58.4 Å². The monoisotopic (exact) mass is 387 g/mol. The molecule has 0 bridgehead atoms. The van der Waals surface area contributed by atoms with E-state index in [1.807, 2.05) is 25.1 Å². The Labute approximate surface area is 160 Å². The summed E-state index contributed by atoms with van der Waals surface area (Å²) in [6.07, 6.45) is 2.17. The Morgan fingerprint density at radius 1 is 1.15 bits per heavy atom. The van der Waals surface area contributed by atoms with Gasteiger partial charge in [-0.25, -0.2) is 13.4 Å². The fourth-order valence-corrected chi connectivity index (χ4v) is 3.56. The molecule has 1 heterocycles. The zero-order valence-corrected chi connectivity index (χ0v) is 16.4. The number of benzene rings is 2. The fourth-order valence-electron chi connectivity index (χ4n) is 2.93. The molecule has 0 saturated carbocycles. The summed E-state index contributed by atoms with van der Waals surface area (Å²) in [6.45, 7) is 3.89. The number of hydrogen-bond acceptors (Lipinski definition) is 4. The molecule has 0 saturated heterocycles. The van der Waals surface area contributed by atoms with E-state index in [4.69, 9.17) is 4.74 Å². The number of nitrogens with one attached hydrogen (secondary N) is 2. The summed E-state index contributed by atoms with van der Waals surface area (Å²) >= 11 is 0. The Morgan fingerprint density at radius 2 is 1.89 bits per heavy atom. The number of nitrogens with zero attached hydrogens (tertiary/aromatic N) is 1. The van der Waals surface area contributed by atoms with E-state index in [9.17, 15) is 8.42 Å². The van der Waals surface area contributed by atoms with Crippen molar-refractivity contribution in [2.45, 2.75) is 30.9 Å². The van der Waals surface area contributed by atoms with Crippen LogP contribution < -0.4 is 15.4 Å². The second-order valence-electron chi connectivity index (χ2n) is 6.54.